The number of hydrogen-bond acceptors (Lipinski definition) is 4. The Balaban J connectivity index is 1.90. The van der Waals surface area contributed by atoms with Gasteiger partial charge in [-0.2, -0.15) is 0 Å². The molecule has 3 aromatic rings. The van der Waals surface area contributed by atoms with Crippen LogP contribution in [0.1, 0.15) is 62.2 Å². The van der Waals surface area contributed by atoms with E-state index in [9.17, 15) is 14.7 Å². The van der Waals surface area contributed by atoms with Gasteiger partial charge in [0.15, 0.2) is 0 Å². The number of carboxylic acid groups (broad SMARTS) is 1. The fourth-order valence-corrected chi connectivity index (χ4v) is 4.13. The van der Waals surface area contributed by atoms with Crippen molar-refractivity contribution < 1.29 is 19.4 Å². The van der Waals surface area contributed by atoms with Crippen LogP contribution in [0.25, 0.3) is 16.6 Å². The molecule has 0 aliphatic carbocycles. The smallest absolute Gasteiger partial charge is 0.341 e. The van der Waals surface area contributed by atoms with Crippen molar-refractivity contribution in [2.45, 2.75) is 51.9 Å². The molecule has 0 radical (unpaired) electrons. The Kier molecular flexibility index (Phi) is 10.0. The number of unbranched alkanes of at least 4 members (excludes halogenated alkanes) is 5. The Bertz CT molecular complexity index is 1160. The maximum atomic E-state index is 12.8. The quantitative estimate of drug-likeness (QED) is 0.188. The van der Waals surface area contributed by atoms with E-state index < -0.39 is 11.4 Å². The first-order valence-electron chi connectivity index (χ1n) is 11.9. The standard InChI is InChI=1S/C27H32BrNO5/c1-2-3-15-33-21-11-9-10-20(17-21)29-19-24(27(31)32)26(30)23-13-12-22(18-25(23)29)34-16-8-6-4-5-7-14-28/h9-13,17-19H,2-8,14-16H2,1H3,(H,31,32). The second kappa shape index (κ2) is 13.2. The molecule has 182 valence electrons. The molecule has 0 atom stereocenters. The monoisotopic (exact) mass is 529 g/mol. The molecule has 1 N–H and O–H groups in total. The summed E-state index contributed by atoms with van der Waals surface area (Å²) in [6, 6.07) is 12.6. The van der Waals surface area contributed by atoms with Gasteiger partial charge in [0.2, 0.25) is 5.43 Å². The molecular weight excluding hydrogens is 498 g/mol. The molecule has 2 aromatic carbocycles. The number of fused-ring (bicyclic) bond motifs is 1. The molecule has 0 bridgehead atoms. The highest BCUT2D eigenvalue weighted by Crippen LogP contribution is 2.25. The van der Waals surface area contributed by atoms with Gasteiger partial charge < -0.3 is 19.1 Å². The van der Waals surface area contributed by atoms with Crippen LogP contribution in [-0.4, -0.2) is 34.2 Å². The molecule has 34 heavy (non-hydrogen) atoms. The molecule has 0 saturated heterocycles. The number of halogens is 1. The minimum Gasteiger partial charge on any atom is -0.494 e. The minimum atomic E-state index is -1.25. The highest BCUT2D eigenvalue weighted by molar-refractivity contribution is 9.09. The average molecular weight is 530 g/mol. The van der Waals surface area contributed by atoms with Crippen molar-refractivity contribution in [1.82, 2.24) is 4.57 Å². The molecule has 1 aromatic heterocycles. The van der Waals surface area contributed by atoms with Gasteiger partial charge in [-0.15, -0.1) is 0 Å². The van der Waals surface area contributed by atoms with Crippen molar-refractivity contribution in [3.05, 3.63) is 64.4 Å². The lowest BCUT2D eigenvalue weighted by Crippen LogP contribution is -2.18. The normalized spacial score (nSPS) is 11.0. The molecule has 0 unspecified atom stereocenters. The van der Waals surface area contributed by atoms with E-state index in [-0.39, 0.29) is 5.56 Å². The second-order valence-electron chi connectivity index (χ2n) is 8.23. The number of benzene rings is 2. The number of aromatic carboxylic acids is 1. The Labute approximate surface area is 208 Å². The Morgan fingerprint density at radius 3 is 2.38 bits per heavy atom. The Hall–Kier alpha value is -2.80. The van der Waals surface area contributed by atoms with Crippen molar-refractivity contribution in [2.24, 2.45) is 0 Å². The van der Waals surface area contributed by atoms with Gasteiger partial charge >= 0.3 is 5.97 Å². The van der Waals surface area contributed by atoms with Crippen molar-refractivity contribution in [3.8, 4) is 17.2 Å². The van der Waals surface area contributed by atoms with Crippen LogP contribution in [0.15, 0.2) is 53.5 Å². The number of alkyl halides is 1. The van der Waals surface area contributed by atoms with Crippen molar-refractivity contribution in [1.29, 1.82) is 0 Å². The molecule has 0 amide bonds. The van der Waals surface area contributed by atoms with Gasteiger partial charge in [-0.25, -0.2) is 4.79 Å². The third kappa shape index (κ3) is 6.86. The van der Waals surface area contributed by atoms with E-state index in [0.29, 0.717) is 41.3 Å². The van der Waals surface area contributed by atoms with Gasteiger partial charge in [-0.3, -0.25) is 4.79 Å². The third-order valence-electron chi connectivity index (χ3n) is 5.62. The zero-order valence-electron chi connectivity index (χ0n) is 19.6. The molecular formula is C27H32BrNO5. The number of nitrogens with zero attached hydrogens (tertiary/aromatic N) is 1. The van der Waals surface area contributed by atoms with Gasteiger partial charge in [0.05, 0.1) is 18.7 Å². The Morgan fingerprint density at radius 2 is 1.65 bits per heavy atom. The van der Waals surface area contributed by atoms with Crippen LogP contribution in [0.3, 0.4) is 0 Å². The molecule has 6 nitrogen and oxygen atoms in total. The summed E-state index contributed by atoms with van der Waals surface area (Å²) >= 11 is 3.45. The number of hydrogen-bond donors (Lipinski definition) is 1. The molecule has 0 saturated carbocycles. The number of aromatic nitrogens is 1. The van der Waals surface area contributed by atoms with Crippen molar-refractivity contribution >= 4 is 32.8 Å². The lowest BCUT2D eigenvalue weighted by molar-refractivity contribution is 0.0695. The molecule has 0 aliphatic rings. The van der Waals surface area contributed by atoms with Crippen LogP contribution in [0, 0.1) is 0 Å². The van der Waals surface area contributed by atoms with Crippen LogP contribution >= 0.6 is 15.9 Å². The molecule has 0 spiro atoms. The highest BCUT2D eigenvalue weighted by atomic mass is 79.9. The van der Waals surface area contributed by atoms with Crippen LogP contribution in [0.5, 0.6) is 11.5 Å². The summed E-state index contributed by atoms with van der Waals surface area (Å²) in [6.07, 6.45) is 9.01. The number of carbonyl (C=O) groups is 1. The zero-order chi connectivity index (χ0) is 24.3. The SMILES string of the molecule is CCCCOc1cccc(-n2cc(C(=O)O)c(=O)c3ccc(OCCCCCCCBr)cc32)c1. The minimum absolute atomic E-state index is 0.276. The van der Waals surface area contributed by atoms with Gasteiger partial charge in [0.25, 0.3) is 0 Å². The van der Waals surface area contributed by atoms with E-state index >= 15 is 0 Å². The summed E-state index contributed by atoms with van der Waals surface area (Å²) in [6.45, 7) is 3.31. The van der Waals surface area contributed by atoms with Gasteiger partial charge in [-0.05, 0) is 43.5 Å². The summed E-state index contributed by atoms with van der Waals surface area (Å²) in [5.41, 5.74) is 0.523. The maximum Gasteiger partial charge on any atom is 0.341 e. The molecule has 3 rings (SSSR count). The summed E-state index contributed by atoms with van der Waals surface area (Å²) in [5, 5.41) is 11.0. The van der Waals surface area contributed by atoms with E-state index in [1.807, 2.05) is 24.3 Å². The van der Waals surface area contributed by atoms with Crippen molar-refractivity contribution in [2.75, 3.05) is 18.5 Å². The molecule has 0 fully saturated rings. The van der Waals surface area contributed by atoms with E-state index in [2.05, 4.69) is 22.9 Å². The van der Waals surface area contributed by atoms with Crippen LogP contribution in [-0.2, 0) is 0 Å². The summed E-state index contributed by atoms with van der Waals surface area (Å²) < 4.78 is 13.5. The lowest BCUT2D eigenvalue weighted by atomic mass is 10.1. The fraction of sp³-hybridized carbons (Fsp3) is 0.407. The molecule has 1 heterocycles. The van der Waals surface area contributed by atoms with E-state index in [4.69, 9.17) is 9.47 Å². The number of ether oxygens (including phenoxy) is 2. The summed E-state index contributed by atoms with van der Waals surface area (Å²) in [7, 11) is 0. The maximum absolute atomic E-state index is 12.8. The second-order valence-corrected chi connectivity index (χ2v) is 9.02. The van der Waals surface area contributed by atoms with Gasteiger partial charge in [0, 0.05) is 34.7 Å². The lowest BCUT2D eigenvalue weighted by Gasteiger charge is -2.15. The topological polar surface area (TPSA) is 77.8 Å². The third-order valence-corrected chi connectivity index (χ3v) is 6.18. The molecule has 7 heteroatoms. The summed E-state index contributed by atoms with van der Waals surface area (Å²) in [5.74, 6) is 0.0951. The van der Waals surface area contributed by atoms with Crippen LogP contribution < -0.4 is 14.9 Å². The fourth-order valence-electron chi connectivity index (χ4n) is 3.74. The molecule has 0 aliphatic heterocycles. The number of pyridine rings is 1. The van der Waals surface area contributed by atoms with Crippen molar-refractivity contribution in [3.63, 3.8) is 0 Å². The van der Waals surface area contributed by atoms with Gasteiger partial charge in [-0.1, -0.05) is 54.6 Å². The van der Waals surface area contributed by atoms with Gasteiger partial charge in [0.1, 0.15) is 17.1 Å². The highest BCUT2D eigenvalue weighted by Gasteiger charge is 2.16. The summed E-state index contributed by atoms with van der Waals surface area (Å²) in [4.78, 5) is 24.6. The largest absolute Gasteiger partial charge is 0.494 e. The predicted octanol–water partition coefficient (Wildman–Crippen LogP) is 6.59. The first-order valence-corrected chi connectivity index (χ1v) is 13.0. The van der Waals surface area contributed by atoms with E-state index in [1.165, 1.54) is 25.5 Å². The van der Waals surface area contributed by atoms with E-state index in [1.54, 1.807) is 22.8 Å². The van der Waals surface area contributed by atoms with E-state index in [0.717, 1.165) is 31.0 Å². The predicted molar refractivity (Wildman–Crippen MR) is 139 cm³/mol. The first kappa shape index (κ1) is 25.8. The van der Waals surface area contributed by atoms with Crippen LogP contribution in [0.4, 0.5) is 0 Å². The zero-order valence-corrected chi connectivity index (χ0v) is 21.2. The Morgan fingerprint density at radius 1 is 0.941 bits per heavy atom. The van der Waals surface area contributed by atoms with Crippen LogP contribution in [0.2, 0.25) is 0 Å². The average Bonchev–Trinajstić information content (AvgIpc) is 2.84. The first-order chi connectivity index (χ1) is 16.5. The number of carboxylic acids is 1. The number of rotatable bonds is 14.